The number of hydrogen-bond acceptors (Lipinski definition) is 4. The molecule has 0 aromatic heterocycles. The van der Waals surface area contributed by atoms with Crippen molar-refractivity contribution >= 4 is 43.2 Å². The zero-order valence-corrected chi connectivity index (χ0v) is 8.76. The molecule has 0 aromatic carbocycles. The van der Waals surface area contributed by atoms with Crippen molar-refractivity contribution in [1.82, 2.24) is 0 Å². The number of rotatable bonds is 1. The molecule has 1 aliphatic heterocycles. The predicted molar refractivity (Wildman–Crippen MR) is 53.9 cm³/mol. The van der Waals surface area contributed by atoms with Crippen LogP contribution in [-0.2, 0) is 0 Å². The summed E-state index contributed by atoms with van der Waals surface area (Å²) < 4.78 is 1.63. The second kappa shape index (κ2) is 4.31. The molecular formula is C5H10S4. The second-order valence-corrected chi connectivity index (χ2v) is 8.53. The van der Waals surface area contributed by atoms with E-state index in [-0.39, 0.29) is 0 Å². The van der Waals surface area contributed by atoms with Crippen LogP contribution >= 0.6 is 43.2 Å². The van der Waals surface area contributed by atoms with Crippen LogP contribution in [0.4, 0.5) is 0 Å². The van der Waals surface area contributed by atoms with Gasteiger partial charge in [0.25, 0.3) is 0 Å². The Bertz CT molecular complexity index is 85.0. The zero-order valence-electron chi connectivity index (χ0n) is 5.49. The summed E-state index contributed by atoms with van der Waals surface area (Å²) in [6.45, 7) is 4.54. The normalized spacial score (nSPS) is 36.7. The fraction of sp³-hybridized carbons (Fsp3) is 1.00. The van der Waals surface area contributed by atoms with Gasteiger partial charge in [-0.1, -0.05) is 28.5 Å². The van der Waals surface area contributed by atoms with Gasteiger partial charge in [0, 0.05) is 0 Å². The van der Waals surface area contributed by atoms with Gasteiger partial charge < -0.3 is 0 Å². The summed E-state index contributed by atoms with van der Waals surface area (Å²) in [5, 5.41) is 0. The van der Waals surface area contributed by atoms with Gasteiger partial charge in [0.2, 0.25) is 0 Å². The first kappa shape index (κ1) is 8.50. The van der Waals surface area contributed by atoms with Gasteiger partial charge in [-0.05, 0) is 23.2 Å². The van der Waals surface area contributed by atoms with Crippen LogP contribution in [0.2, 0.25) is 0 Å². The molecule has 1 rings (SSSR count). The van der Waals surface area contributed by atoms with E-state index in [2.05, 4.69) is 25.6 Å². The molecule has 0 bridgehead atoms. The molecule has 4 heteroatoms. The highest BCUT2D eigenvalue weighted by atomic mass is 33.5. The molecule has 1 fully saturated rings. The molecule has 0 aliphatic carbocycles. The Hall–Kier alpha value is 1.40. The standard InChI is InChI=1S/C5H10S4/c1-3-5-6-4(2)7-9-8-5/h4-5H,3H2,1-2H3. The molecule has 0 N–H and O–H groups in total. The van der Waals surface area contributed by atoms with Crippen molar-refractivity contribution in [2.75, 3.05) is 0 Å². The van der Waals surface area contributed by atoms with Gasteiger partial charge in [-0.25, -0.2) is 0 Å². The van der Waals surface area contributed by atoms with Crippen molar-refractivity contribution in [3.05, 3.63) is 0 Å². The summed E-state index contributed by atoms with van der Waals surface area (Å²) in [4.78, 5) is 0. The fourth-order valence-corrected chi connectivity index (χ4v) is 8.90. The Morgan fingerprint density at radius 2 is 2.11 bits per heavy atom. The molecule has 9 heavy (non-hydrogen) atoms. The molecule has 0 aromatic rings. The van der Waals surface area contributed by atoms with E-state index in [0.29, 0.717) is 0 Å². The van der Waals surface area contributed by atoms with Crippen molar-refractivity contribution in [2.24, 2.45) is 0 Å². The predicted octanol–water partition coefficient (Wildman–Crippen LogP) is 3.84. The van der Waals surface area contributed by atoms with E-state index in [1.807, 2.05) is 31.4 Å². The Labute approximate surface area is 72.5 Å². The summed E-state index contributed by atoms with van der Waals surface area (Å²) in [6.07, 6.45) is 1.30. The van der Waals surface area contributed by atoms with Crippen LogP contribution in [0.25, 0.3) is 0 Å². The van der Waals surface area contributed by atoms with Gasteiger partial charge in [0.15, 0.2) is 0 Å². The minimum atomic E-state index is 0.793. The third-order valence-electron chi connectivity index (χ3n) is 0.998. The van der Waals surface area contributed by atoms with Crippen LogP contribution in [0.1, 0.15) is 20.3 Å². The molecule has 0 nitrogen and oxygen atoms in total. The first-order valence-electron chi connectivity index (χ1n) is 2.97. The van der Waals surface area contributed by atoms with E-state index < -0.39 is 0 Å². The topological polar surface area (TPSA) is 0 Å². The summed E-state index contributed by atoms with van der Waals surface area (Å²) >= 11 is 2.09. The first-order valence-corrected chi connectivity index (χ1v) is 7.52. The first-order chi connectivity index (χ1) is 4.33. The van der Waals surface area contributed by atoms with Crippen LogP contribution in [0.3, 0.4) is 0 Å². The molecule has 0 radical (unpaired) electrons. The van der Waals surface area contributed by atoms with Gasteiger partial charge in [-0.3, -0.25) is 0 Å². The maximum atomic E-state index is 2.28. The third-order valence-corrected chi connectivity index (χ3v) is 8.42. The lowest BCUT2D eigenvalue weighted by molar-refractivity contribution is 1.06. The van der Waals surface area contributed by atoms with E-state index in [9.17, 15) is 0 Å². The van der Waals surface area contributed by atoms with Crippen molar-refractivity contribution in [3.8, 4) is 0 Å². The van der Waals surface area contributed by atoms with Crippen molar-refractivity contribution in [2.45, 2.75) is 29.4 Å². The maximum absolute atomic E-state index is 2.28. The van der Waals surface area contributed by atoms with E-state index in [0.717, 1.165) is 9.16 Å². The summed E-state index contributed by atoms with van der Waals surface area (Å²) in [6, 6.07) is 0. The molecule has 0 saturated carbocycles. The summed E-state index contributed by atoms with van der Waals surface area (Å²) in [5.41, 5.74) is 0. The Balaban J connectivity index is 2.23. The second-order valence-electron chi connectivity index (χ2n) is 1.80. The summed E-state index contributed by atoms with van der Waals surface area (Å²) in [5.74, 6) is 0. The highest BCUT2D eigenvalue weighted by Gasteiger charge is 2.19. The smallest absolute Gasteiger partial charge is 0.0623 e. The van der Waals surface area contributed by atoms with Crippen molar-refractivity contribution in [1.29, 1.82) is 0 Å². The molecule has 1 heterocycles. The van der Waals surface area contributed by atoms with Crippen molar-refractivity contribution in [3.63, 3.8) is 0 Å². The zero-order chi connectivity index (χ0) is 6.69. The lowest BCUT2D eigenvalue weighted by Crippen LogP contribution is -2.01. The minimum absolute atomic E-state index is 0.793. The monoisotopic (exact) mass is 198 g/mol. The van der Waals surface area contributed by atoms with Crippen molar-refractivity contribution < 1.29 is 0 Å². The van der Waals surface area contributed by atoms with Gasteiger partial charge >= 0.3 is 0 Å². The van der Waals surface area contributed by atoms with E-state index in [4.69, 9.17) is 0 Å². The van der Waals surface area contributed by atoms with E-state index >= 15 is 0 Å². The Morgan fingerprint density at radius 1 is 1.33 bits per heavy atom. The van der Waals surface area contributed by atoms with Crippen LogP contribution in [0.5, 0.6) is 0 Å². The SMILES string of the molecule is CCC1SSSC(C)S1. The maximum Gasteiger partial charge on any atom is 0.0623 e. The molecule has 1 saturated heterocycles. The average Bonchev–Trinajstić information content (AvgIpc) is 1.88. The van der Waals surface area contributed by atoms with Crippen LogP contribution in [0, 0.1) is 0 Å². The molecule has 2 unspecified atom stereocenters. The van der Waals surface area contributed by atoms with Gasteiger partial charge in [-0.2, -0.15) is 0 Å². The largest absolute Gasteiger partial charge is 0.132 e. The van der Waals surface area contributed by atoms with Crippen LogP contribution in [0.15, 0.2) is 0 Å². The van der Waals surface area contributed by atoms with Crippen LogP contribution in [-0.4, -0.2) is 9.16 Å². The number of thioether (sulfide) groups is 1. The van der Waals surface area contributed by atoms with Crippen LogP contribution < -0.4 is 0 Å². The minimum Gasteiger partial charge on any atom is -0.132 e. The Kier molecular flexibility index (Phi) is 4.07. The van der Waals surface area contributed by atoms with E-state index in [1.54, 1.807) is 0 Å². The highest BCUT2D eigenvalue weighted by Crippen LogP contribution is 2.54. The molecule has 54 valence electrons. The Morgan fingerprint density at radius 3 is 2.56 bits per heavy atom. The van der Waals surface area contributed by atoms with Gasteiger partial charge in [0.1, 0.15) is 0 Å². The quantitative estimate of drug-likeness (QED) is 0.587. The molecule has 0 amide bonds. The fourth-order valence-electron chi connectivity index (χ4n) is 0.545. The number of hydrogen-bond donors (Lipinski definition) is 0. The summed E-state index contributed by atoms with van der Waals surface area (Å²) in [7, 11) is 5.94. The van der Waals surface area contributed by atoms with E-state index in [1.165, 1.54) is 6.42 Å². The molecule has 1 aliphatic rings. The highest BCUT2D eigenvalue weighted by molar-refractivity contribution is 9.11. The van der Waals surface area contributed by atoms with Gasteiger partial charge in [0.05, 0.1) is 9.16 Å². The molecular weight excluding hydrogens is 188 g/mol. The average molecular weight is 198 g/mol. The van der Waals surface area contributed by atoms with Gasteiger partial charge in [-0.15, -0.1) is 11.8 Å². The molecule has 2 atom stereocenters. The molecule has 0 spiro atoms. The lowest BCUT2D eigenvalue weighted by Gasteiger charge is -2.22. The lowest BCUT2D eigenvalue weighted by atomic mass is 10.6. The third kappa shape index (κ3) is 2.87.